The van der Waals surface area contributed by atoms with Crippen LogP contribution in [0.3, 0.4) is 0 Å². The first kappa shape index (κ1) is 26.8. The predicted molar refractivity (Wildman–Crippen MR) is 133 cm³/mol. The van der Waals surface area contributed by atoms with Gasteiger partial charge in [-0.1, -0.05) is 52.0 Å². The maximum atomic E-state index is 14.5. The van der Waals surface area contributed by atoms with Crippen molar-refractivity contribution in [3.05, 3.63) is 65.0 Å². The molecule has 1 fully saturated rings. The molecule has 9 heteroatoms. The Labute approximate surface area is 207 Å². The summed E-state index contributed by atoms with van der Waals surface area (Å²) in [6, 6.07) is 10.4. The average molecular weight is 504 g/mol. The Kier molecular flexibility index (Phi) is 8.33. The molecule has 0 spiro atoms. The lowest BCUT2D eigenvalue weighted by Gasteiger charge is -2.39. The zero-order valence-electron chi connectivity index (χ0n) is 20.9. The van der Waals surface area contributed by atoms with Gasteiger partial charge in [-0.05, 0) is 41.2 Å². The van der Waals surface area contributed by atoms with Gasteiger partial charge in [0, 0.05) is 38.7 Å². The van der Waals surface area contributed by atoms with Crippen LogP contribution in [0.25, 0.3) is 0 Å². The molecule has 2 aromatic carbocycles. The molecule has 1 saturated heterocycles. The fourth-order valence-corrected chi connectivity index (χ4v) is 5.65. The molecular weight excluding hydrogens is 469 g/mol. The first-order chi connectivity index (χ1) is 16.4. The third-order valence-corrected chi connectivity index (χ3v) is 8.35. The molecule has 0 bridgehead atoms. The van der Waals surface area contributed by atoms with Gasteiger partial charge in [-0.2, -0.15) is 4.31 Å². The van der Waals surface area contributed by atoms with Crippen LogP contribution >= 0.6 is 0 Å². The number of carbonyl (C=O) groups is 2. The molecule has 0 aromatic heterocycles. The van der Waals surface area contributed by atoms with Gasteiger partial charge in [-0.25, -0.2) is 12.8 Å². The monoisotopic (exact) mass is 503 g/mol. The van der Waals surface area contributed by atoms with Crippen LogP contribution in [0.5, 0.6) is 0 Å². The molecule has 1 heterocycles. The molecule has 2 amide bonds. The van der Waals surface area contributed by atoms with Crippen molar-refractivity contribution in [2.45, 2.75) is 63.9 Å². The van der Waals surface area contributed by atoms with Crippen LogP contribution in [0.1, 0.15) is 63.1 Å². The van der Waals surface area contributed by atoms with Gasteiger partial charge in [0.2, 0.25) is 21.8 Å². The molecule has 1 aliphatic heterocycles. The minimum atomic E-state index is -3.99. The zero-order chi connectivity index (χ0) is 25.9. The number of carbonyl (C=O) groups excluding carboxylic acids is 2. The Morgan fingerprint density at radius 2 is 1.60 bits per heavy atom. The summed E-state index contributed by atoms with van der Waals surface area (Å²) >= 11 is 0. The molecule has 0 saturated carbocycles. The second kappa shape index (κ2) is 10.9. The number of halogens is 1. The van der Waals surface area contributed by atoms with Crippen molar-refractivity contribution in [1.29, 1.82) is 0 Å². The largest absolute Gasteiger partial charge is 0.350 e. The summed E-state index contributed by atoms with van der Waals surface area (Å²) in [6.45, 7) is 9.37. The highest BCUT2D eigenvalue weighted by Gasteiger charge is 2.40. The Morgan fingerprint density at radius 3 is 2.14 bits per heavy atom. The van der Waals surface area contributed by atoms with Crippen molar-refractivity contribution in [1.82, 2.24) is 14.5 Å². The van der Waals surface area contributed by atoms with Crippen LogP contribution in [-0.2, 0) is 26.2 Å². The second-order valence-electron chi connectivity index (χ2n) is 9.54. The first-order valence-corrected chi connectivity index (χ1v) is 13.3. The minimum absolute atomic E-state index is 0.0105. The molecule has 7 nitrogen and oxygen atoms in total. The van der Waals surface area contributed by atoms with E-state index in [1.807, 2.05) is 33.8 Å². The molecule has 1 atom stereocenters. The molecule has 3 rings (SSSR count). The van der Waals surface area contributed by atoms with E-state index >= 15 is 0 Å². The number of benzene rings is 2. The third-order valence-electron chi connectivity index (χ3n) is 6.43. The summed E-state index contributed by atoms with van der Waals surface area (Å²) in [7, 11) is -3.99. The van der Waals surface area contributed by atoms with E-state index < -0.39 is 27.8 Å². The average Bonchev–Trinajstić information content (AvgIpc) is 2.82. The van der Waals surface area contributed by atoms with Crippen molar-refractivity contribution in [2.24, 2.45) is 0 Å². The highest BCUT2D eigenvalue weighted by Crippen LogP contribution is 2.24. The fraction of sp³-hybridized carbons (Fsp3) is 0.462. The first-order valence-electron chi connectivity index (χ1n) is 11.8. The van der Waals surface area contributed by atoms with Crippen LogP contribution in [0.4, 0.5) is 4.39 Å². The number of sulfonamides is 1. The predicted octanol–water partition coefficient (Wildman–Crippen LogP) is 3.61. The van der Waals surface area contributed by atoms with Gasteiger partial charge in [0.15, 0.2) is 0 Å². The molecule has 0 radical (unpaired) electrons. The third kappa shape index (κ3) is 6.08. The van der Waals surface area contributed by atoms with Crippen LogP contribution in [0.15, 0.2) is 47.4 Å². The number of hydrogen-bond donors (Lipinski definition) is 1. The van der Waals surface area contributed by atoms with Gasteiger partial charge in [-0.15, -0.1) is 0 Å². The van der Waals surface area contributed by atoms with Crippen molar-refractivity contribution >= 4 is 21.8 Å². The Hall–Kier alpha value is -2.78. The molecule has 0 unspecified atom stereocenters. The molecule has 2 aromatic rings. The van der Waals surface area contributed by atoms with Crippen molar-refractivity contribution in [3.63, 3.8) is 0 Å². The molecule has 190 valence electrons. The summed E-state index contributed by atoms with van der Waals surface area (Å²) in [5.41, 5.74) is 2.16. The summed E-state index contributed by atoms with van der Waals surface area (Å²) in [6.07, 6.45) is 0. The summed E-state index contributed by atoms with van der Waals surface area (Å²) in [5.74, 6) is -0.831. The van der Waals surface area contributed by atoms with E-state index in [9.17, 15) is 22.4 Å². The lowest BCUT2D eigenvalue weighted by molar-refractivity contribution is -0.134. The Morgan fingerprint density at radius 1 is 1.00 bits per heavy atom. The SMILES string of the molecule is CC(=O)N1CCN(S(=O)(=O)c2ccc(C(C)C)cc2)[C@@H](C(=O)NCc2ccc(C(C)C)cc2F)C1. The maximum absolute atomic E-state index is 14.5. The van der Waals surface area contributed by atoms with Crippen LogP contribution in [0.2, 0.25) is 0 Å². The van der Waals surface area contributed by atoms with Crippen molar-refractivity contribution < 1.29 is 22.4 Å². The minimum Gasteiger partial charge on any atom is -0.350 e. The molecule has 1 aliphatic rings. The summed E-state index contributed by atoms with van der Waals surface area (Å²) in [5, 5.41) is 2.67. The zero-order valence-corrected chi connectivity index (χ0v) is 21.7. The van der Waals surface area contributed by atoms with Gasteiger partial charge in [-0.3, -0.25) is 9.59 Å². The molecule has 0 aliphatic carbocycles. The number of piperazine rings is 1. The van der Waals surface area contributed by atoms with Gasteiger partial charge >= 0.3 is 0 Å². The van der Waals surface area contributed by atoms with Crippen LogP contribution in [-0.4, -0.2) is 55.1 Å². The number of nitrogens with zero attached hydrogens (tertiary/aromatic N) is 2. The normalized spacial score (nSPS) is 17.1. The quantitative estimate of drug-likeness (QED) is 0.625. The van der Waals surface area contributed by atoms with E-state index in [0.29, 0.717) is 5.56 Å². The molecule has 35 heavy (non-hydrogen) atoms. The number of nitrogens with one attached hydrogen (secondary N) is 1. The van der Waals surface area contributed by atoms with Gasteiger partial charge < -0.3 is 10.2 Å². The van der Waals surface area contributed by atoms with Crippen LogP contribution < -0.4 is 5.32 Å². The smallest absolute Gasteiger partial charge is 0.243 e. The topological polar surface area (TPSA) is 86.8 Å². The van der Waals surface area contributed by atoms with E-state index in [2.05, 4.69) is 5.32 Å². The lowest BCUT2D eigenvalue weighted by Crippen LogP contribution is -2.61. The Bertz CT molecular complexity index is 1180. The standard InChI is InChI=1S/C26H34FN3O4S/c1-17(2)20-8-10-23(11-9-20)35(33,34)30-13-12-29(19(5)31)16-25(30)26(32)28-15-22-7-6-21(18(3)4)14-24(22)27/h6-11,14,17-18,25H,12-13,15-16H2,1-5H3,(H,28,32)/t25-/m1/s1. The van der Waals surface area contributed by atoms with E-state index in [1.165, 1.54) is 17.9 Å². The number of hydrogen-bond acceptors (Lipinski definition) is 4. The lowest BCUT2D eigenvalue weighted by atomic mass is 10.0. The van der Waals surface area contributed by atoms with Gasteiger partial charge in [0.05, 0.1) is 4.90 Å². The molecular formula is C26H34FN3O4S. The Balaban J connectivity index is 1.83. The number of rotatable bonds is 7. The second-order valence-corrected chi connectivity index (χ2v) is 11.4. The summed E-state index contributed by atoms with van der Waals surface area (Å²) < 4.78 is 42.6. The maximum Gasteiger partial charge on any atom is 0.243 e. The molecule has 1 N–H and O–H groups in total. The van der Waals surface area contributed by atoms with Crippen LogP contribution in [0, 0.1) is 5.82 Å². The fourth-order valence-electron chi connectivity index (χ4n) is 4.08. The summed E-state index contributed by atoms with van der Waals surface area (Å²) in [4.78, 5) is 26.7. The van der Waals surface area contributed by atoms with E-state index in [1.54, 1.807) is 30.3 Å². The van der Waals surface area contributed by atoms with E-state index in [4.69, 9.17) is 0 Å². The van der Waals surface area contributed by atoms with Gasteiger partial charge in [0.25, 0.3) is 0 Å². The number of amides is 2. The highest BCUT2D eigenvalue weighted by atomic mass is 32.2. The van der Waals surface area contributed by atoms with E-state index in [0.717, 1.165) is 15.4 Å². The van der Waals surface area contributed by atoms with E-state index in [-0.39, 0.29) is 48.8 Å². The highest BCUT2D eigenvalue weighted by molar-refractivity contribution is 7.89. The van der Waals surface area contributed by atoms with Gasteiger partial charge in [0.1, 0.15) is 11.9 Å². The van der Waals surface area contributed by atoms with Crippen molar-refractivity contribution in [2.75, 3.05) is 19.6 Å². The van der Waals surface area contributed by atoms with Crippen molar-refractivity contribution in [3.8, 4) is 0 Å².